The SMILES string of the molecule is CC(c1cc(C(F)(F)F)ccc1C(F)(F)F)N1CCC(COc2cccc(CCC(=O)O)c2)C1. The van der Waals surface area contributed by atoms with Gasteiger partial charge < -0.3 is 9.84 Å². The van der Waals surface area contributed by atoms with Crippen molar-refractivity contribution in [1.82, 2.24) is 4.90 Å². The molecule has 0 bridgehead atoms. The predicted molar refractivity (Wildman–Crippen MR) is 112 cm³/mol. The van der Waals surface area contributed by atoms with Gasteiger partial charge in [-0.3, -0.25) is 9.69 Å². The number of hydrogen-bond donors (Lipinski definition) is 1. The summed E-state index contributed by atoms with van der Waals surface area (Å²) in [6.07, 6.45) is -8.52. The van der Waals surface area contributed by atoms with Gasteiger partial charge in [0, 0.05) is 24.9 Å². The molecule has 3 rings (SSSR count). The van der Waals surface area contributed by atoms with Gasteiger partial charge in [-0.05, 0) is 67.8 Å². The fourth-order valence-electron chi connectivity index (χ4n) is 4.15. The molecule has 10 heteroatoms. The predicted octanol–water partition coefficient (Wildman–Crippen LogP) is 6.20. The van der Waals surface area contributed by atoms with Crippen LogP contribution in [0.3, 0.4) is 0 Å². The van der Waals surface area contributed by atoms with Crippen LogP contribution in [0.1, 0.15) is 48.1 Å². The third kappa shape index (κ3) is 6.65. The Morgan fingerprint density at radius 1 is 1.12 bits per heavy atom. The first kappa shape index (κ1) is 25.9. The third-order valence-electron chi connectivity index (χ3n) is 6.01. The summed E-state index contributed by atoms with van der Waals surface area (Å²) in [7, 11) is 0. The van der Waals surface area contributed by atoms with Gasteiger partial charge in [0.1, 0.15) is 5.75 Å². The lowest BCUT2D eigenvalue weighted by molar-refractivity contribution is -0.142. The number of likely N-dealkylation sites (tertiary alicyclic amines) is 1. The van der Waals surface area contributed by atoms with Crippen molar-refractivity contribution in [2.45, 2.75) is 44.6 Å². The smallest absolute Gasteiger partial charge is 0.416 e. The number of aryl methyl sites for hydroxylation is 1. The Hall–Kier alpha value is -2.75. The number of aliphatic carboxylic acids is 1. The molecule has 1 aliphatic heterocycles. The van der Waals surface area contributed by atoms with Crippen LogP contribution in [-0.4, -0.2) is 35.7 Å². The fraction of sp³-hybridized carbons (Fsp3) is 0.458. The Balaban J connectivity index is 1.66. The molecule has 0 aromatic heterocycles. The summed E-state index contributed by atoms with van der Waals surface area (Å²) < 4.78 is 85.7. The molecule has 2 aromatic carbocycles. The molecule has 0 amide bonds. The second-order valence-corrected chi connectivity index (χ2v) is 8.48. The Morgan fingerprint density at radius 3 is 2.50 bits per heavy atom. The van der Waals surface area contributed by atoms with E-state index in [1.165, 1.54) is 6.92 Å². The molecule has 1 heterocycles. The maximum Gasteiger partial charge on any atom is 0.416 e. The summed E-state index contributed by atoms with van der Waals surface area (Å²) in [6.45, 7) is 2.59. The largest absolute Gasteiger partial charge is 0.493 e. The molecule has 0 aliphatic carbocycles. The van der Waals surface area contributed by atoms with Crippen LogP contribution in [0.2, 0.25) is 0 Å². The first-order valence-corrected chi connectivity index (χ1v) is 10.8. The monoisotopic (exact) mass is 489 g/mol. The molecular formula is C24H25F6NO3. The van der Waals surface area contributed by atoms with Crippen molar-refractivity contribution in [3.63, 3.8) is 0 Å². The molecule has 2 unspecified atom stereocenters. The van der Waals surface area contributed by atoms with Gasteiger partial charge >= 0.3 is 18.3 Å². The molecule has 0 saturated carbocycles. The van der Waals surface area contributed by atoms with Crippen molar-refractivity contribution >= 4 is 5.97 Å². The van der Waals surface area contributed by atoms with Gasteiger partial charge in [0.2, 0.25) is 0 Å². The van der Waals surface area contributed by atoms with E-state index < -0.39 is 41.1 Å². The van der Waals surface area contributed by atoms with E-state index in [-0.39, 0.29) is 12.3 Å². The highest BCUT2D eigenvalue weighted by molar-refractivity contribution is 5.67. The molecule has 2 aromatic rings. The lowest BCUT2D eigenvalue weighted by Gasteiger charge is -2.28. The van der Waals surface area contributed by atoms with Crippen LogP contribution < -0.4 is 4.74 Å². The highest BCUT2D eigenvalue weighted by Crippen LogP contribution is 2.41. The molecule has 1 N–H and O–H groups in total. The quantitative estimate of drug-likeness (QED) is 0.449. The number of hydrogen-bond acceptors (Lipinski definition) is 3. The van der Waals surface area contributed by atoms with Gasteiger partial charge in [0.05, 0.1) is 17.7 Å². The van der Waals surface area contributed by atoms with Crippen molar-refractivity contribution in [2.75, 3.05) is 19.7 Å². The van der Waals surface area contributed by atoms with Crippen LogP contribution in [-0.2, 0) is 23.6 Å². The number of ether oxygens (including phenoxy) is 1. The lowest BCUT2D eigenvalue weighted by atomic mass is 9.97. The molecular weight excluding hydrogens is 464 g/mol. The first-order chi connectivity index (χ1) is 15.8. The zero-order valence-corrected chi connectivity index (χ0v) is 18.4. The minimum absolute atomic E-state index is 0.00558. The summed E-state index contributed by atoms with van der Waals surface area (Å²) in [4.78, 5) is 12.5. The van der Waals surface area contributed by atoms with Gasteiger partial charge in [0.15, 0.2) is 0 Å². The zero-order chi connectivity index (χ0) is 25.1. The van der Waals surface area contributed by atoms with Crippen molar-refractivity contribution in [1.29, 1.82) is 0 Å². The standard InChI is InChI=1S/C24H25F6NO3/c1-15(20-12-18(23(25,26)27)6-7-21(20)24(28,29)30)31-10-9-17(13-31)14-34-19-4-2-3-16(11-19)5-8-22(32)33/h2-4,6-7,11-12,15,17H,5,8-10,13-14H2,1H3,(H,32,33). The number of nitrogens with zero attached hydrogens (tertiary/aromatic N) is 1. The number of rotatable bonds is 8. The highest BCUT2D eigenvalue weighted by Gasteiger charge is 2.39. The molecule has 0 radical (unpaired) electrons. The van der Waals surface area contributed by atoms with E-state index in [2.05, 4.69) is 0 Å². The zero-order valence-electron chi connectivity index (χ0n) is 18.4. The van der Waals surface area contributed by atoms with Crippen LogP contribution in [0.5, 0.6) is 5.75 Å². The van der Waals surface area contributed by atoms with Crippen LogP contribution >= 0.6 is 0 Å². The average molecular weight is 489 g/mol. The summed E-state index contributed by atoms with van der Waals surface area (Å²) in [5.74, 6) is -0.349. The summed E-state index contributed by atoms with van der Waals surface area (Å²) >= 11 is 0. The molecule has 4 nitrogen and oxygen atoms in total. The third-order valence-corrected chi connectivity index (χ3v) is 6.01. The van der Waals surface area contributed by atoms with Gasteiger partial charge in [0.25, 0.3) is 0 Å². The number of carbonyl (C=O) groups is 1. The number of carboxylic acid groups (broad SMARTS) is 1. The maximum atomic E-state index is 13.5. The molecule has 1 saturated heterocycles. The van der Waals surface area contributed by atoms with Gasteiger partial charge in [-0.2, -0.15) is 26.3 Å². The molecule has 2 atom stereocenters. The van der Waals surface area contributed by atoms with Crippen molar-refractivity contribution in [3.8, 4) is 5.75 Å². The van der Waals surface area contributed by atoms with Gasteiger partial charge in [-0.1, -0.05) is 12.1 Å². The maximum absolute atomic E-state index is 13.5. The molecule has 34 heavy (non-hydrogen) atoms. The molecule has 186 valence electrons. The number of alkyl halides is 6. The van der Waals surface area contributed by atoms with Crippen LogP contribution in [0.15, 0.2) is 42.5 Å². The van der Waals surface area contributed by atoms with Crippen LogP contribution in [0.4, 0.5) is 26.3 Å². The van der Waals surface area contributed by atoms with E-state index in [9.17, 15) is 31.1 Å². The van der Waals surface area contributed by atoms with E-state index in [0.29, 0.717) is 56.5 Å². The van der Waals surface area contributed by atoms with Crippen molar-refractivity contribution < 1.29 is 41.0 Å². The van der Waals surface area contributed by atoms with E-state index in [1.54, 1.807) is 29.2 Å². The Labute approximate surface area is 193 Å². The second kappa shape index (κ2) is 10.2. The molecule has 1 fully saturated rings. The van der Waals surface area contributed by atoms with Gasteiger partial charge in [-0.25, -0.2) is 0 Å². The Morgan fingerprint density at radius 2 is 1.85 bits per heavy atom. The van der Waals surface area contributed by atoms with E-state index in [0.717, 1.165) is 5.56 Å². The number of benzene rings is 2. The topological polar surface area (TPSA) is 49.8 Å². The van der Waals surface area contributed by atoms with Gasteiger partial charge in [-0.15, -0.1) is 0 Å². The van der Waals surface area contributed by atoms with E-state index >= 15 is 0 Å². The van der Waals surface area contributed by atoms with E-state index in [4.69, 9.17) is 9.84 Å². The molecule has 0 spiro atoms. The highest BCUT2D eigenvalue weighted by atomic mass is 19.4. The number of carboxylic acids is 1. The van der Waals surface area contributed by atoms with Crippen LogP contribution in [0, 0.1) is 5.92 Å². The van der Waals surface area contributed by atoms with Crippen molar-refractivity contribution in [3.05, 3.63) is 64.7 Å². The average Bonchev–Trinajstić information content (AvgIpc) is 3.23. The van der Waals surface area contributed by atoms with Crippen molar-refractivity contribution in [2.24, 2.45) is 5.92 Å². The second-order valence-electron chi connectivity index (χ2n) is 8.48. The lowest BCUT2D eigenvalue weighted by Crippen LogP contribution is -2.28. The van der Waals surface area contributed by atoms with Crippen LogP contribution in [0.25, 0.3) is 0 Å². The summed E-state index contributed by atoms with van der Waals surface area (Å²) in [5, 5.41) is 8.81. The van der Waals surface area contributed by atoms with E-state index in [1.807, 2.05) is 0 Å². The summed E-state index contributed by atoms with van der Waals surface area (Å²) in [5.41, 5.74) is -1.75. The molecule has 1 aliphatic rings. The Kier molecular flexibility index (Phi) is 7.80. The summed E-state index contributed by atoms with van der Waals surface area (Å²) in [6, 6.07) is 7.73. The number of halogens is 6. The Bertz CT molecular complexity index is 1000. The fourth-order valence-corrected chi connectivity index (χ4v) is 4.15. The normalized spacial score (nSPS) is 18.1. The minimum Gasteiger partial charge on any atom is -0.493 e. The first-order valence-electron chi connectivity index (χ1n) is 10.8. The minimum atomic E-state index is -4.76.